The highest BCUT2D eigenvalue weighted by Crippen LogP contribution is 2.30. The quantitative estimate of drug-likeness (QED) is 0.645. The molecule has 0 fully saturated rings. The zero-order valence-electron chi connectivity index (χ0n) is 8.60. The first-order chi connectivity index (χ1) is 7.27. The predicted octanol–water partition coefficient (Wildman–Crippen LogP) is 5.06. The lowest BCUT2D eigenvalue weighted by atomic mass is 10.1. The van der Waals surface area contributed by atoms with Crippen molar-refractivity contribution < 1.29 is 0 Å². The van der Waals surface area contributed by atoms with Gasteiger partial charge in [0.15, 0.2) is 0 Å². The van der Waals surface area contributed by atoms with Gasteiger partial charge in [-0.1, -0.05) is 47.5 Å². The van der Waals surface area contributed by atoms with Crippen LogP contribution in [0.5, 0.6) is 0 Å². The van der Waals surface area contributed by atoms with Crippen LogP contribution in [0.15, 0.2) is 45.5 Å². The number of allylic oxidation sites excluding steroid dienone is 8. The predicted molar refractivity (Wildman–Crippen MR) is 67.1 cm³/mol. The molecule has 0 aliphatic heterocycles. The fourth-order valence-electron chi connectivity index (χ4n) is 1.96. The summed E-state index contributed by atoms with van der Waals surface area (Å²) in [5, 5.41) is 2.02. The molecule has 0 saturated heterocycles. The Kier molecular flexibility index (Phi) is 3.71. The van der Waals surface area contributed by atoms with E-state index in [9.17, 15) is 0 Å². The van der Waals surface area contributed by atoms with E-state index in [2.05, 4.69) is 24.3 Å². The van der Waals surface area contributed by atoms with E-state index in [1.165, 1.54) is 11.1 Å². The molecule has 0 aromatic rings. The van der Waals surface area contributed by atoms with Gasteiger partial charge >= 0.3 is 0 Å². The molecule has 15 heavy (non-hydrogen) atoms. The van der Waals surface area contributed by atoms with Crippen molar-refractivity contribution in [3.63, 3.8) is 0 Å². The van der Waals surface area contributed by atoms with Crippen molar-refractivity contribution in [3.8, 4) is 0 Å². The molecule has 0 N–H and O–H groups in total. The summed E-state index contributed by atoms with van der Waals surface area (Å²) in [6.45, 7) is 0. The summed E-state index contributed by atoms with van der Waals surface area (Å²) in [6, 6.07) is 0. The highest BCUT2D eigenvalue weighted by molar-refractivity contribution is 6.30. The third-order valence-electron chi connectivity index (χ3n) is 2.82. The largest absolute Gasteiger partial charge is 0.0885 e. The van der Waals surface area contributed by atoms with Gasteiger partial charge in [-0.3, -0.25) is 0 Å². The molecule has 0 aromatic heterocycles. The topological polar surface area (TPSA) is 0 Å². The van der Waals surface area contributed by atoms with Crippen LogP contribution in [-0.4, -0.2) is 0 Å². The monoisotopic (exact) mass is 240 g/mol. The molecule has 0 unspecified atom stereocenters. The minimum absolute atomic E-state index is 0.917. The molecule has 2 aliphatic carbocycles. The summed E-state index contributed by atoms with van der Waals surface area (Å²) in [4.78, 5) is 0. The second-order valence-electron chi connectivity index (χ2n) is 3.93. The maximum absolute atomic E-state index is 6.07. The van der Waals surface area contributed by atoms with Crippen molar-refractivity contribution >= 4 is 23.2 Å². The number of rotatable bonds is 4. The molecule has 80 valence electrons. The highest BCUT2D eigenvalue weighted by Gasteiger charge is 2.09. The maximum atomic E-state index is 6.07. The van der Waals surface area contributed by atoms with Gasteiger partial charge < -0.3 is 0 Å². The van der Waals surface area contributed by atoms with Gasteiger partial charge in [0.25, 0.3) is 0 Å². The van der Waals surface area contributed by atoms with Crippen LogP contribution in [-0.2, 0) is 0 Å². The van der Waals surface area contributed by atoms with Crippen LogP contribution in [0.25, 0.3) is 0 Å². The van der Waals surface area contributed by atoms with Gasteiger partial charge in [-0.15, -0.1) is 0 Å². The molecule has 2 rings (SSSR count). The lowest BCUT2D eigenvalue weighted by molar-refractivity contribution is 0.825. The van der Waals surface area contributed by atoms with Gasteiger partial charge in [-0.2, -0.15) is 0 Å². The SMILES string of the molecule is ClC1=C(CCCC2=C(Cl)CC=C2)C=CC1. The molecule has 0 amide bonds. The standard InChI is InChI=1S/C13H14Cl2/c14-12-8-2-6-10(12)4-1-5-11-7-3-9-13(11)15/h2-3,6-7H,1,4-5,8-9H2. The molecule has 0 nitrogen and oxygen atoms in total. The normalized spacial score (nSPS) is 19.9. The molecule has 2 aliphatic rings. The number of hydrogen-bond acceptors (Lipinski definition) is 0. The Morgan fingerprint density at radius 1 is 0.867 bits per heavy atom. The average Bonchev–Trinajstić information content (AvgIpc) is 2.78. The van der Waals surface area contributed by atoms with Crippen LogP contribution in [0.3, 0.4) is 0 Å². The first-order valence-electron chi connectivity index (χ1n) is 5.35. The lowest BCUT2D eigenvalue weighted by Crippen LogP contribution is -1.84. The Hall–Kier alpha value is -0.460. The summed E-state index contributed by atoms with van der Waals surface area (Å²) >= 11 is 12.1. The Bertz CT molecular complexity index is 334. The fourth-order valence-corrected chi connectivity index (χ4v) is 2.45. The van der Waals surface area contributed by atoms with Crippen LogP contribution in [0.1, 0.15) is 32.1 Å². The zero-order valence-corrected chi connectivity index (χ0v) is 10.1. The molecular weight excluding hydrogens is 227 g/mol. The van der Waals surface area contributed by atoms with E-state index in [-0.39, 0.29) is 0 Å². The second kappa shape index (κ2) is 5.05. The first-order valence-corrected chi connectivity index (χ1v) is 6.11. The smallest absolute Gasteiger partial charge is 0.0250 e. The number of hydrogen-bond donors (Lipinski definition) is 0. The van der Waals surface area contributed by atoms with Crippen molar-refractivity contribution in [2.45, 2.75) is 32.1 Å². The molecule has 0 spiro atoms. The molecular formula is C13H14Cl2. The molecule has 0 aromatic carbocycles. The zero-order chi connectivity index (χ0) is 10.7. The molecule has 2 heteroatoms. The minimum Gasteiger partial charge on any atom is -0.0885 e. The summed E-state index contributed by atoms with van der Waals surface area (Å²) in [5.74, 6) is 0. The second-order valence-corrected chi connectivity index (χ2v) is 4.84. The average molecular weight is 241 g/mol. The van der Waals surface area contributed by atoms with Crippen molar-refractivity contribution in [1.82, 2.24) is 0 Å². The Balaban J connectivity index is 1.80. The van der Waals surface area contributed by atoms with Crippen LogP contribution in [0.2, 0.25) is 0 Å². The Morgan fingerprint density at radius 2 is 1.33 bits per heavy atom. The van der Waals surface area contributed by atoms with Gasteiger partial charge in [0.2, 0.25) is 0 Å². The van der Waals surface area contributed by atoms with Gasteiger partial charge in [0.05, 0.1) is 0 Å². The lowest BCUT2D eigenvalue weighted by Gasteiger charge is -2.03. The molecule has 0 bridgehead atoms. The van der Waals surface area contributed by atoms with E-state index in [0.29, 0.717) is 0 Å². The summed E-state index contributed by atoms with van der Waals surface area (Å²) in [5.41, 5.74) is 2.60. The minimum atomic E-state index is 0.917. The maximum Gasteiger partial charge on any atom is 0.0250 e. The third kappa shape index (κ3) is 2.76. The van der Waals surface area contributed by atoms with Gasteiger partial charge in [0, 0.05) is 22.9 Å². The number of halogens is 2. The van der Waals surface area contributed by atoms with E-state index in [1.807, 2.05) is 0 Å². The first kappa shape index (κ1) is 11.0. The van der Waals surface area contributed by atoms with Crippen molar-refractivity contribution in [2.75, 3.05) is 0 Å². The van der Waals surface area contributed by atoms with Crippen molar-refractivity contribution in [2.24, 2.45) is 0 Å². The van der Waals surface area contributed by atoms with E-state index in [1.54, 1.807) is 0 Å². The Labute approximate surface area is 101 Å². The summed E-state index contributed by atoms with van der Waals surface area (Å²) < 4.78 is 0. The molecule has 0 heterocycles. The van der Waals surface area contributed by atoms with Gasteiger partial charge in [0.1, 0.15) is 0 Å². The van der Waals surface area contributed by atoms with E-state index in [4.69, 9.17) is 23.2 Å². The van der Waals surface area contributed by atoms with Crippen molar-refractivity contribution in [1.29, 1.82) is 0 Å². The summed E-state index contributed by atoms with van der Waals surface area (Å²) in [7, 11) is 0. The van der Waals surface area contributed by atoms with Crippen molar-refractivity contribution in [3.05, 3.63) is 45.5 Å². The van der Waals surface area contributed by atoms with E-state index in [0.717, 1.165) is 42.2 Å². The summed E-state index contributed by atoms with van der Waals surface area (Å²) in [6.07, 6.45) is 13.6. The van der Waals surface area contributed by atoms with E-state index < -0.39 is 0 Å². The van der Waals surface area contributed by atoms with Gasteiger partial charge in [-0.05, 0) is 30.4 Å². The molecule has 0 saturated carbocycles. The Morgan fingerprint density at radius 3 is 1.67 bits per heavy atom. The van der Waals surface area contributed by atoms with Gasteiger partial charge in [-0.25, -0.2) is 0 Å². The van der Waals surface area contributed by atoms with E-state index >= 15 is 0 Å². The van der Waals surface area contributed by atoms with Crippen LogP contribution in [0, 0.1) is 0 Å². The molecule has 0 atom stereocenters. The fraction of sp³-hybridized carbons (Fsp3) is 0.385. The highest BCUT2D eigenvalue weighted by atomic mass is 35.5. The van der Waals surface area contributed by atoms with Crippen LogP contribution < -0.4 is 0 Å². The third-order valence-corrected chi connectivity index (χ3v) is 3.62. The molecule has 0 radical (unpaired) electrons. The van der Waals surface area contributed by atoms with Crippen LogP contribution in [0.4, 0.5) is 0 Å². The van der Waals surface area contributed by atoms with Crippen LogP contribution >= 0.6 is 23.2 Å².